The monoisotopic (exact) mass is 400 g/mol. The molecule has 0 aliphatic rings. The van der Waals surface area contributed by atoms with E-state index in [-0.39, 0.29) is 40.2 Å². The van der Waals surface area contributed by atoms with Crippen molar-refractivity contribution in [2.24, 2.45) is 0 Å². The van der Waals surface area contributed by atoms with Gasteiger partial charge in [-0.2, -0.15) is 0 Å². The Kier molecular flexibility index (Phi) is 4.68. The molecule has 0 aromatic heterocycles. The molecule has 58 valence electrons. The van der Waals surface area contributed by atoms with E-state index in [0.29, 0.717) is 0 Å². The molecule has 4 heteroatoms. The maximum atomic E-state index is 5.78. The molecule has 0 atom stereocenters. The van der Waals surface area contributed by atoms with Crippen LogP contribution in [0.5, 0.6) is 0 Å². The molecular weight excluding hydrogens is 397 g/mol. The standard InChI is InChI=1S/C6H4Cl2I2/c7-9-5-3-1-2-4-6(5)10-8/h1-4H/q-2. The van der Waals surface area contributed by atoms with Gasteiger partial charge in [0.15, 0.2) is 0 Å². The predicted molar refractivity (Wildman–Crippen MR) is 35.5 cm³/mol. The van der Waals surface area contributed by atoms with E-state index >= 15 is 0 Å². The fourth-order valence-corrected chi connectivity index (χ4v) is 6.65. The molecule has 1 rings (SSSR count). The van der Waals surface area contributed by atoms with E-state index in [1.807, 2.05) is 12.1 Å². The Labute approximate surface area is 88.2 Å². The molecule has 0 unspecified atom stereocenters. The summed E-state index contributed by atoms with van der Waals surface area (Å²) in [5.74, 6) is 0. The minimum absolute atomic E-state index is 0.303. The van der Waals surface area contributed by atoms with Crippen LogP contribution in [-0.4, -0.2) is 0 Å². The van der Waals surface area contributed by atoms with Gasteiger partial charge in [0, 0.05) is 0 Å². The van der Waals surface area contributed by atoms with Crippen LogP contribution in [-0.2, 0) is 0 Å². The number of rotatable bonds is 2. The Morgan fingerprint density at radius 3 is 1.60 bits per heavy atom. The fraction of sp³-hybridized carbons (Fsp3) is 0. The number of hydrogen-bond donors (Lipinski definition) is 0. The van der Waals surface area contributed by atoms with Gasteiger partial charge in [0.25, 0.3) is 0 Å². The average molecular weight is 401 g/mol. The van der Waals surface area contributed by atoms with Crippen molar-refractivity contribution in [1.82, 2.24) is 0 Å². The fourth-order valence-electron chi connectivity index (χ4n) is 0.555. The molecule has 0 spiro atoms. The summed E-state index contributed by atoms with van der Waals surface area (Å²) in [7, 11) is 11.6. The van der Waals surface area contributed by atoms with Crippen LogP contribution in [0.2, 0.25) is 0 Å². The first-order valence-corrected chi connectivity index (χ1v) is 10.1. The van der Waals surface area contributed by atoms with Gasteiger partial charge < -0.3 is 0 Å². The molecule has 1 aromatic rings. The Hall–Kier alpha value is 1.26. The summed E-state index contributed by atoms with van der Waals surface area (Å²) in [5, 5.41) is 0. The molecule has 0 bridgehead atoms. The Balaban J connectivity index is 2.96. The van der Waals surface area contributed by atoms with Crippen LogP contribution in [0.3, 0.4) is 0 Å². The number of halogens is 4. The van der Waals surface area contributed by atoms with Crippen LogP contribution in [0, 0.1) is 7.14 Å². The SMILES string of the molecule is Cl[I-]c1ccccc1[I-]Cl. The Morgan fingerprint density at radius 1 is 0.900 bits per heavy atom. The molecular formula is C6H4Cl2I2-2. The zero-order valence-corrected chi connectivity index (χ0v) is 10.6. The van der Waals surface area contributed by atoms with Crippen LogP contribution in [0.25, 0.3) is 0 Å². The average Bonchev–Trinajstić information content (AvgIpc) is 2.04. The minimum atomic E-state index is -0.303. The quantitative estimate of drug-likeness (QED) is 0.452. The molecule has 0 saturated heterocycles. The summed E-state index contributed by atoms with van der Waals surface area (Å²) in [4.78, 5) is 0. The van der Waals surface area contributed by atoms with Crippen molar-refractivity contribution in [3.8, 4) is 0 Å². The maximum absolute atomic E-state index is 5.78. The third-order valence-corrected chi connectivity index (χ3v) is 6.84. The van der Waals surface area contributed by atoms with Gasteiger partial charge in [0.1, 0.15) is 0 Å². The topological polar surface area (TPSA) is 0 Å². The molecule has 0 fully saturated rings. The first kappa shape index (κ1) is 9.35. The van der Waals surface area contributed by atoms with E-state index in [9.17, 15) is 0 Å². The van der Waals surface area contributed by atoms with E-state index in [1.165, 1.54) is 7.14 Å². The van der Waals surface area contributed by atoms with Crippen molar-refractivity contribution in [2.45, 2.75) is 0 Å². The first-order chi connectivity index (χ1) is 4.88. The third kappa shape index (κ3) is 2.39. The molecule has 0 nitrogen and oxygen atoms in total. The molecule has 1 aromatic carbocycles. The number of benzene rings is 1. The molecule has 0 aliphatic heterocycles. The molecule has 0 heterocycles. The van der Waals surface area contributed by atoms with Gasteiger partial charge in [-0.25, -0.2) is 0 Å². The summed E-state index contributed by atoms with van der Waals surface area (Å²) in [6.45, 7) is 0. The molecule has 0 N–H and O–H groups in total. The molecule has 0 amide bonds. The van der Waals surface area contributed by atoms with Crippen LogP contribution < -0.4 is 40.2 Å². The van der Waals surface area contributed by atoms with Gasteiger partial charge in [0.05, 0.1) is 0 Å². The van der Waals surface area contributed by atoms with Crippen molar-refractivity contribution >= 4 is 17.8 Å². The van der Waals surface area contributed by atoms with Crippen LogP contribution in [0.1, 0.15) is 0 Å². The summed E-state index contributed by atoms with van der Waals surface area (Å²) >= 11 is -0.607. The van der Waals surface area contributed by atoms with Gasteiger partial charge in [-0.15, -0.1) is 0 Å². The van der Waals surface area contributed by atoms with Crippen molar-refractivity contribution in [3.63, 3.8) is 0 Å². The van der Waals surface area contributed by atoms with Crippen molar-refractivity contribution in [1.29, 1.82) is 0 Å². The number of hydrogen-bond acceptors (Lipinski definition) is 0. The second-order valence-corrected chi connectivity index (χ2v) is 6.61. The van der Waals surface area contributed by atoms with Crippen molar-refractivity contribution in [2.75, 3.05) is 0 Å². The molecule has 0 aliphatic carbocycles. The van der Waals surface area contributed by atoms with E-state index in [0.717, 1.165) is 0 Å². The van der Waals surface area contributed by atoms with Gasteiger partial charge in [0.2, 0.25) is 0 Å². The van der Waals surface area contributed by atoms with Crippen LogP contribution >= 0.6 is 17.8 Å². The zero-order valence-electron chi connectivity index (χ0n) is 4.82. The predicted octanol–water partition coefficient (Wildman–Crippen LogP) is -3.49. The van der Waals surface area contributed by atoms with Gasteiger partial charge in [-0.05, 0) is 0 Å². The van der Waals surface area contributed by atoms with Crippen molar-refractivity contribution in [3.05, 3.63) is 31.4 Å². The summed E-state index contributed by atoms with van der Waals surface area (Å²) in [5.41, 5.74) is 0. The zero-order chi connectivity index (χ0) is 7.40. The van der Waals surface area contributed by atoms with Gasteiger partial charge >= 0.3 is 89.4 Å². The second kappa shape index (κ2) is 5.00. The Bertz CT molecular complexity index is 192. The third-order valence-electron chi connectivity index (χ3n) is 0.978. The normalized spacial score (nSPS) is 10.6. The van der Waals surface area contributed by atoms with Crippen LogP contribution in [0.4, 0.5) is 0 Å². The van der Waals surface area contributed by atoms with E-state index in [1.54, 1.807) is 0 Å². The Morgan fingerprint density at radius 2 is 1.30 bits per heavy atom. The van der Waals surface area contributed by atoms with Crippen molar-refractivity contribution < 1.29 is 40.2 Å². The molecule has 10 heavy (non-hydrogen) atoms. The van der Waals surface area contributed by atoms with Gasteiger partial charge in [-0.1, -0.05) is 0 Å². The summed E-state index contributed by atoms with van der Waals surface area (Å²) < 4.78 is 2.57. The summed E-state index contributed by atoms with van der Waals surface area (Å²) in [6, 6.07) is 8.16. The summed E-state index contributed by atoms with van der Waals surface area (Å²) in [6.07, 6.45) is 0. The first-order valence-electron chi connectivity index (χ1n) is 2.49. The van der Waals surface area contributed by atoms with E-state index in [2.05, 4.69) is 12.1 Å². The molecule has 0 radical (unpaired) electrons. The van der Waals surface area contributed by atoms with Gasteiger partial charge in [-0.3, -0.25) is 0 Å². The molecule has 0 saturated carbocycles. The second-order valence-electron chi connectivity index (χ2n) is 1.56. The van der Waals surface area contributed by atoms with Crippen LogP contribution in [0.15, 0.2) is 24.3 Å². The van der Waals surface area contributed by atoms with E-state index in [4.69, 9.17) is 17.8 Å². The van der Waals surface area contributed by atoms with E-state index < -0.39 is 0 Å².